The van der Waals surface area contributed by atoms with Crippen LogP contribution in [0, 0.1) is 9.39 Å². The molecule has 2 aromatic rings. The highest BCUT2D eigenvalue weighted by molar-refractivity contribution is 14.1. The molecular weight excluding hydrogens is 486 g/mol. The zero-order chi connectivity index (χ0) is 19.6. The molecule has 1 amide bonds. The molecular formula is C18H18FIN2O4S. The minimum Gasteiger partial charge on any atom is -0.394 e. The number of nitrogens with one attached hydrogen (secondary N) is 2. The fourth-order valence-electron chi connectivity index (χ4n) is 2.87. The number of thiophene rings is 1. The first-order valence-electron chi connectivity index (χ1n) is 8.38. The number of carbonyl (C=O) groups is 2. The van der Waals surface area contributed by atoms with Crippen molar-refractivity contribution in [3.05, 3.63) is 43.6 Å². The fourth-order valence-corrected chi connectivity index (χ4v) is 4.55. The summed E-state index contributed by atoms with van der Waals surface area (Å²) >= 11 is 3.15. The van der Waals surface area contributed by atoms with Gasteiger partial charge in [0.25, 0.3) is 5.91 Å². The summed E-state index contributed by atoms with van der Waals surface area (Å²) in [6.45, 7) is -0.593. The second-order valence-electron chi connectivity index (χ2n) is 6.19. The topological polar surface area (TPSA) is 98.7 Å². The fraction of sp³-hybridized carbons (Fsp3) is 0.333. The highest BCUT2D eigenvalue weighted by atomic mass is 127. The molecule has 0 fully saturated rings. The van der Waals surface area contributed by atoms with Crippen molar-refractivity contribution >= 4 is 56.3 Å². The Morgan fingerprint density at radius 2 is 2.15 bits per heavy atom. The first-order valence-corrected chi connectivity index (χ1v) is 10.3. The van der Waals surface area contributed by atoms with Gasteiger partial charge in [0.2, 0.25) is 0 Å². The molecule has 0 saturated heterocycles. The number of rotatable bonds is 6. The lowest BCUT2D eigenvalue weighted by Gasteiger charge is -2.14. The van der Waals surface area contributed by atoms with E-state index in [1.165, 1.54) is 6.07 Å². The molecule has 0 saturated carbocycles. The van der Waals surface area contributed by atoms with Gasteiger partial charge in [-0.2, -0.15) is 0 Å². The number of halogens is 2. The molecule has 0 radical (unpaired) electrons. The van der Waals surface area contributed by atoms with Crippen LogP contribution in [0.15, 0.2) is 18.2 Å². The van der Waals surface area contributed by atoms with Crippen molar-refractivity contribution in [3.8, 4) is 0 Å². The normalized spacial score (nSPS) is 14.6. The van der Waals surface area contributed by atoms with E-state index in [-0.39, 0.29) is 18.0 Å². The lowest BCUT2D eigenvalue weighted by atomic mass is 9.94. The van der Waals surface area contributed by atoms with Gasteiger partial charge in [0, 0.05) is 16.5 Å². The number of amides is 1. The average molecular weight is 504 g/mol. The van der Waals surface area contributed by atoms with Crippen LogP contribution in [-0.2, 0) is 6.42 Å². The lowest BCUT2D eigenvalue weighted by Crippen LogP contribution is -2.34. The molecule has 144 valence electrons. The molecule has 9 heteroatoms. The van der Waals surface area contributed by atoms with Crippen LogP contribution in [-0.4, -0.2) is 41.2 Å². The predicted molar refractivity (Wildman–Crippen MR) is 109 cm³/mol. The quantitative estimate of drug-likeness (QED) is 0.454. The Labute approximate surface area is 172 Å². The Morgan fingerprint density at radius 1 is 1.37 bits per heavy atom. The van der Waals surface area contributed by atoms with Crippen LogP contribution in [0.5, 0.6) is 0 Å². The molecule has 1 aromatic heterocycles. The van der Waals surface area contributed by atoms with Crippen molar-refractivity contribution in [2.75, 3.05) is 18.5 Å². The average Bonchev–Trinajstić information content (AvgIpc) is 3.01. The molecule has 1 atom stereocenters. The standard InChI is InChI=1S/C18H18FIN2O4S/c19-12-6-9(20)4-5-13(12)22-18-15(17(26)21-7-10(24)8-23)11-2-1-3-14(25)16(11)27-18/h4-6,10,22-24H,1-3,7-8H2,(H,21,26)/t10-/m1/s1. The van der Waals surface area contributed by atoms with Crippen LogP contribution < -0.4 is 10.6 Å². The zero-order valence-electron chi connectivity index (χ0n) is 14.2. The first-order chi connectivity index (χ1) is 12.9. The summed E-state index contributed by atoms with van der Waals surface area (Å²) in [4.78, 5) is 25.5. The molecule has 1 heterocycles. The van der Waals surface area contributed by atoms with E-state index in [2.05, 4.69) is 10.6 Å². The van der Waals surface area contributed by atoms with E-state index in [0.717, 1.165) is 14.9 Å². The van der Waals surface area contributed by atoms with Crippen LogP contribution in [0.25, 0.3) is 0 Å². The number of ketones is 1. The van der Waals surface area contributed by atoms with Crippen LogP contribution in [0.4, 0.5) is 15.1 Å². The van der Waals surface area contributed by atoms with E-state index in [0.29, 0.717) is 40.3 Å². The predicted octanol–water partition coefficient (Wildman–Crippen LogP) is 2.84. The number of aliphatic hydroxyl groups is 2. The Morgan fingerprint density at radius 3 is 2.85 bits per heavy atom. The van der Waals surface area contributed by atoms with Crippen molar-refractivity contribution < 1.29 is 24.2 Å². The Balaban J connectivity index is 1.97. The molecule has 0 bridgehead atoms. The molecule has 3 rings (SSSR count). The number of fused-ring (bicyclic) bond motifs is 1. The molecule has 0 spiro atoms. The Hall–Kier alpha value is -1.56. The maximum Gasteiger partial charge on any atom is 0.254 e. The van der Waals surface area contributed by atoms with Gasteiger partial charge in [-0.05, 0) is 59.2 Å². The van der Waals surface area contributed by atoms with Gasteiger partial charge in [0.05, 0.1) is 28.8 Å². The van der Waals surface area contributed by atoms with Crippen LogP contribution in [0.2, 0.25) is 0 Å². The van der Waals surface area contributed by atoms with E-state index in [4.69, 9.17) is 5.11 Å². The monoisotopic (exact) mass is 504 g/mol. The molecule has 6 nitrogen and oxygen atoms in total. The van der Waals surface area contributed by atoms with E-state index in [1.807, 2.05) is 22.6 Å². The van der Waals surface area contributed by atoms with Crippen molar-refractivity contribution in [2.24, 2.45) is 0 Å². The molecule has 0 aliphatic heterocycles. The molecule has 27 heavy (non-hydrogen) atoms. The van der Waals surface area contributed by atoms with Gasteiger partial charge in [-0.25, -0.2) is 4.39 Å². The summed E-state index contributed by atoms with van der Waals surface area (Å²) < 4.78 is 15.0. The van der Waals surface area contributed by atoms with Crippen LogP contribution in [0.3, 0.4) is 0 Å². The summed E-state index contributed by atoms with van der Waals surface area (Å²) in [5, 5.41) is 24.3. The smallest absolute Gasteiger partial charge is 0.254 e. The van der Waals surface area contributed by atoms with Crippen molar-refractivity contribution in [3.63, 3.8) is 0 Å². The SMILES string of the molecule is O=C1CCCc2c1sc(Nc1ccc(I)cc1F)c2C(=O)NC[C@@H](O)CO. The van der Waals surface area contributed by atoms with Crippen LogP contribution >= 0.6 is 33.9 Å². The van der Waals surface area contributed by atoms with E-state index in [1.54, 1.807) is 12.1 Å². The number of benzene rings is 1. The number of carbonyl (C=O) groups excluding carboxylic acids is 2. The minimum atomic E-state index is -1.07. The number of hydrogen-bond acceptors (Lipinski definition) is 6. The van der Waals surface area contributed by atoms with Gasteiger partial charge in [-0.3, -0.25) is 9.59 Å². The van der Waals surface area contributed by atoms with Gasteiger partial charge >= 0.3 is 0 Å². The van der Waals surface area contributed by atoms with Gasteiger partial charge in [-0.15, -0.1) is 11.3 Å². The molecule has 1 aliphatic rings. The summed E-state index contributed by atoms with van der Waals surface area (Å²) in [5.41, 5.74) is 1.16. The first kappa shape index (κ1) is 20.2. The highest BCUT2D eigenvalue weighted by Crippen LogP contribution is 2.40. The minimum absolute atomic E-state index is 0.0261. The maximum absolute atomic E-state index is 14.2. The second-order valence-corrected chi connectivity index (χ2v) is 8.45. The molecule has 4 N–H and O–H groups in total. The van der Waals surface area contributed by atoms with Gasteiger partial charge < -0.3 is 20.8 Å². The van der Waals surface area contributed by atoms with Crippen molar-refractivity contribution in [1.82, 2.24) is 5.32 Å². The third kappa shape index (κ3) is 4.48. The molecule has 1 aromatic carbocycles. The van der Waals surface area contributed by atoms with E-state index < -0.39 is 24.4 Å². The second kappa shape index (κ2) is 8.63. The maximum atomic E-state index is 14.2. The summed E-state index contributed by atoms with van der Waals surface area (Å²) in [6.07, 6.45) is 0.587. The Kier molecular flexibility index (Phi) is 6.45. The van der Waals surface area contributed by atoms with Gasteiger partial charge in [-0.1, -0.05) is 0 Å². The zero-order valence-corrected chi connectivity index (χ0v) is 17.2. The lowest BCUT2D eigenvalue weighted by molar-refractivity contribution is 0.0802. The number of hydrogen-bond donors (Lipinski definition) is 4. The molecule has 1 aliphatic carbocycles. The Bertz CT molecular complexity index is 886. The third-order valence-corrected chi connectivity index (χ3v) is 6.07. The number of anilines is 2. The molecule has 0 unspecified atom stereocenters. The van der Waals surface area contributed by atoms with Gasteiger partial charge in [0.1, 0.15) is 10.8 Å². The highest BCUT2D eigenvalue weighted by Gasteiger charge is 2.30. The van der Waals surface area contributed by atoms with E-state index in [9.17, 15) is 19.1 Å². The van der Waals surface area contributed by atoms with Crippen molar-refractivity contribution in [1.29, 1.82) is 0 Å². The summed E-state index contributed by atoms with van der Waals surface area (Å²) in [5.74, 6) is -0.952. The van der Waals surface area contributed by atoms with Crippen LogP contribution in [0.1, 0.15) is 38.4 Å². The summed E-state index contributed by atoms with van der Waals surface area (Å²) in [7, 11) is 0. The van der Waals surface area contributed by atoms with Gasteiger partial charge in [0.15, 0.2) is 5.78 Å². The van der Waals surface area contributed by atoms with Crippen molar-refractivity contribution in [2.45, 2.75) is 25.4 Å². The number of Topliss-reactive ketones (excluding diaryl/α,β-unsaturated/α-hetero) is 1. The van der Waals surface area contributed by atoms with E-state index >= 15 is 0 Å². The number of aliphatic hydroxyl groups excluding tert-OH is 2. The third-order valence-electron chi connectivity index (χ3n) is 4.21. The summed E-state index contributed by atoms with van der Waals surface area (Å²) in [6, 6.07) is 4.69. The largest absolute Gasteiger partial charge is 0.394 e.